The lowest BCUT2D eigenvalue weighted by molar-refractivity contribution is 0.385. The molecule has 0 amide bonds. The summed E-state index contributed by atoms with van der Waals surface area (Å²) in [6, 6.07) is 9.93. The molecule has 3 nitrogen and oxygen atoms in total. The van der Waals surface area contributed by atoms with Crippen LogP contribution in [-0.4, -0.2) is 5.16 Å². The second kappa shape index (κ2) is 3.41. The number of hydrogen-bond acceptors (Lipinski definition) is 3. The minimum atomic E-state index is 0.379. The van der Waals surface area contributed by atoms with Gasteiger partial charge in [-0.3, -0.25) is 0 Å². The Balaban J connectivity index is 2.47. The Kier molecular flexibility index (Phi) is 2.10. The summed E-state index contributed by atoms with van der Waals surface area (Å²) in [4.78, 5) is 0. The first-order chi connectivity index (χ1) is 6.42. The van der Waals surface area contributed by atoms with Crippen molar-refractivity contribution >= 4 is 0 Å². The van der Waals surface area contributed by atoms with Crippen LogP contribution in [0.15, 0.2) is 41.1 Å². The van der Waals surface area contributed by atoms with Gasteiger partial charge in [0.05, 0.1) is 12.7 Å². The minimum Gasteiger partial charge on any atom is -0.359 e. The molecule has 1 aromatic heterocycles. The summed E-state index contributed by atoms with van der Waals surface area (Å²) < 4.78 is 4.99. The van der Waals surface area contributed by atoms with Crippen molar-refractivity contribution < 1.29 is 4.52 Å². The van der Waals surface area contributed by atoms with Gasteiger partial charge in [0.15, 0.2) is 5.76 Å². The van der Waals surface area contributed by atoms with E-state index >= 15 is 0 Å². The van der Waals surface area contributed by atoms with Crippen LogP contribution in [0.1, 0.15) is 5.76 Å². The van der Waals surface area contributed by atoms with Crippen LogP contribution in [0.4, 0.5) is 0 Å². The molecule has 0 radical (unpaired) electrons. The zero-order valence-corrected chi connectivity index (χ0v) is 7.10. The molecule has 0 bridgehead atoms. The van der Waals surface area contributed by atoms with Crippen LogP contribution < -0.4 is 5.73 Å². The summed E-state index contributed by atoms with van der Waals surface area (Å²) in [5, 5.41) is 3.71. The second-order valence-electron chi connectivity index (χ2n) is 2.73. The molecule has 0 aliphatic carbocycles. The van der Waals surface area contributed by atoms with Crippen LogP contribution in [0.25, 0.3) is 11.1 Å². The zero-order valence-electron chi connectivity index (χ0n) is 7.10. The largest absolute Gasteiger partial charge is 0.359 e. The van der Waals surface area contributed by atoms with E-state index in [1.807, 2.05) is 30.3 Å². The van der Waals surface area contributed by atoms with Crippen molar-refractivity contribution in [3.05, 3.63) is 42.3 Å². The average molecular weight is 174 g/mol. The van der Waals surface area contributed by atoms with Gasteiger partial charge in [-0.15, -0.1) is 0 Å². The van der Waals surface area contributed by atoms with Gasteiger partial charge in [0.25, 0.3) is 0 Å². The maximum absolute atomic E-state index is 5.50. The van der Waals surface area contributed by atoms with E-state index in [4.69, 9.17) is 10.3 Å². The molecule has 0 unspecified atom stereocenters. The lowest BCUT2D eigenvalue weighted by Crippen LogP contribution is -1.95. The highest BCUT2D eigenvalue weighted by atomic mass is 16.5. The van der Waals surface area contributed by atoms with Crippen LogP contribution in [0.2, 0.25) is 0 Å². The molecule has 0 spiro atoms. The van der Waals surface area contributed by atoms with E-state index < -0.39 is 0 Å². The van der Waals surface area contributed by atoms with E-state index in [-0.39, 0.29) is 0 Å². The molecule has 0 saturated heterocycles. The molecule has 66 valence electrons. The van der Waals surface area contributed by atoms with E-state index in [0.29, 0.717) is 6.54 Å². The molecule has 2 rings (SSSR count). The van der Waals surface area contributed by atoms with Gasteiger partial charge >= 0.3 is 0 Å². The number of aromatic nitrogens is 1. The van der Waals surface area contributed by atoms with Crippen LogP contribution in [0.5, 0.6) is 0 Å². The maximum atomic E-state index is 5.50. The Morgan fingerprint density at radius 1 is 1.23 bits per heavy atom. The lowest BCUT2D eigenvalue weighted by atomic mass is 10.1. The van der Waals surface area contributed by atoms with Gasteiger partial charge in [-0.05, 0) is 5.56 Å². The number of nitrogens with zero attached hydrogens (tertiary/aromatic N) is 1. The molecule has 1 heterocycles. The van der Waals surface area contributed by atoms with E-state index in [2.05, 4.69) is 5.16 Å². The molecule has 0 aliphatic heterocycles. The van der Waals surface area contributed by atoms with Crippen LogP contribution >= 0.6 is 0 Å². The topological polar surface area (TPSA) is 52.0 Å². The summed E-state index contributed by atoms with van der Waals surface area (Å²) in [6.45, 7) is 0.379. The first-order valence-corrected chi connectivity index (χ1v) is 4.11. The van der Waals surface area contributed by atoms with Gasteiger partial charge in [0, 0.05) is 5.56 Å². The summed E-state index contributed by atoms with van der Waals surface area (Å²) in [7, 11) is 0. The number of benzene rings is 1. The monoisotopic (exact) mass is 174 g/mol. The fraction of sp³-hybridized carbons (Fsp3) is 0.100. The van der Waals surface area contributed by atoms with Crippen molar-refractivity contribution in [3.8, 4) is 11.1 Å². The smallest absolute Gasteiger partial charge is 0.158 e. The molecule has 0 aliphatic rings. The quantitative estimate of drug-likeness (QED) is 0.755. The molecule has 13 heavy (non-hydrogen) atoms. The predicted molar refractivity (Wildman–Crippen MR) is 49.8 cm³/mol. The maximum Gasteiger partial charge on any atom is 0.158 e. The lowest BCUT2D eigenvalue weighted by Gasteiger charge is -1.97. The van der Waals surface area contributed by atoms with Crippen LogP contribution in [0.3, 0.4) is 0 Å². The van der Waals surface area contributed by atoms with Gasteiger partial charge in [-0.1, -0.05) is 35.5 Å². The van der Waals surface area contributed by atoms with Gasteiger partial charge < -0.3 is 10.3 Å². The fourth-order valence-corrected chi connectivity index (χ4v) is 1.26. The normalized spacial score (nSPS) is 10.2. The van der Waals surface area contributed by atoms with Crippen LogP contribution in [-0.2, 0) is 6.54 Å². The molecule has 3 heteroatoms. The van der Waals surface area contributed by atoms with E-state index in [1.54, 1.807) is 6.20 Å². The average Bonchev–Trinajstić information content (AvgIpc) is 2.67. The first-order valence-electron chi connectivity index (χ1n) is 4.11. The number of hydrogen-bond donors (Lipinski definition) is 1. The molecule has 0 fully saturated rings. The minimum absolute atomic E-state index is 0.379. The van der Waals surface area contributed by atoms with Gasteiger partial charge in [0.1, 0.15) is 0 Å². The Morgan fingerprint density at radius 2 is 2.00 bits per heavy atom. The summed E-state index contributed by atoms with van der Waals surface area (Å²) in [5.41, 5.74) is 7.56. The summed E-state index contributed by atoms with van der Waals surface area (Å²) in [6.07, 6.45) is 1.69. The highest BCUT2D eigenvalue weighted by Gasteiger charge is 2.07. The van der Waals surface area contributed by atoms with Gasteiger partial charge in [0.2, 0.25) is 0 Å². The van der Waals surface area contributed by atoms with E-state index in [0.717, 1.165) is 16.9 Å². The molecular weight excluding hydrogens is 164 g/mol. The van der Waals surface area contributed by atoms with Crippen molar-refractivity contribution in [2.45, 2.75) is 6.54 Å². The molecule has 0 saturated carbocycles. The highest BCUT2D eigenvalue weighted by Crippen LogP contribution is 2.22. The standard InChI is InChI=1S/C10H10N2O/c11-6-10-9(7-12-13-10)8-4-2-1-3-5-8/h1-5,7H,6,11H2. The van der Waals surface area contributed by atoms with Crippen molar-refractivity contribution in [1.82, 2.24) is 5.16 Å². The van der Waals surface area contributed by atoms with Gasteiger partial charge in [-0.2, -0.15) is 0 Å². The predicted octanol–water partition coefficient (Wildman–Crippen LogP) is 1.80. The van der Waals surface area contributed by atoms with Crippen molar-refractivity contribution in [1.29, 1.82) is 0 Å². The molecule has 1 aromatic carbocycles. The summed E-state index contributed by atoms with van der Waals surface area (Å²) in [5.74, 6) is 0.728. The Bertz CT molecular complexity index is 381. The van der Waals surface area contributed by atoms with Crippen LogP contribution in [0, 0.1) is 0 Å². The Morgan fingerprint density at radius 3 is 2.69 bits per heavy atom. The Hall–Kier alpha value is -1.61. The van der Waals surface area contributed by atoms with Crippen molar-refractivity contribution in [2.24, 2.45) is 5.73 Å². The third-order valence-electron chi connectivity index (χ3n) is 1.92. The Labute approximate surface area is 76.2 Å². The zero-order chi connectivity index (χ0) is 9.10. The molecule has 2 N–H and O–H groups in total. The summed E-state index contributed by atoms with van der Waals surface area (Å²) >= 11 is 0. The molecule has 2 aromatic rings. The highest BCUT2D eigenvalue weighted by molar-refractivity contribution is 5.64. The fourth-order valence-electron chi connectivity index (χ4n) is 1.26. The van der Waals surface area contributed by atoms with Gasteiger partial charge in [-0.25, -0.2) is 0 Å². The number of rotatable bonds is 2. The second-order valence-corrected chi connectivity index (χ2v) is 2.73. The third-order valence-corrected chi connectivity index (χ3v) is 1.92. The molecule has 0 atom stereocenters. The third kappa shape index (κ3) is 1.46. The number of nitrogens with two attached hydrogens (primary N) is 1. The van der Waals surface area contributed by atoms with Crippen molar-refractivity contribution in [3.63, 3.8) is 0 Å². The van der Waals surface area contributed by atoms with Crippen molar-refractivity contribution in [2.75, 3.05) is 0 Å². The van der Waals surface area contributed by atoms with E-state index in [9.17, 15) is 0 Å². The van der Waals surface area contributed by atoms with E-state index in [1.165, 1.54) is 0 Å². The first kappa shape index (κ1) is 8.01. The molecular formula is C10H10N2O. The SMILES string of the molecule is NCc1oncc1-c1ccccc1.